The van der Waals surface area contributed by atoms with Crippen LogP contribution >= 0.6 is 0 Å². The first-order valence-electron chi connectivity index (χ1n) is 6.14. The summed E-state index contributed by atoms with van der Waals surface area (Å²) in [5.41, 5.74) is 0. The number of nitrogens with zero attached hydrogens (tertiary/aromatic N) is 1. The number of hydrogen-bond acceptors (Lipinski definition) is 2. The third-order valence-electron chi connectivity index (χ3n) is 3.64. The van der Waals surface area contributed by atoms with Crippen molar-refractivity contribution < 1.29 is 5.11 Å². The molecule has 0 aliphatic heterocycles. The molecule has 0 radical (unpaired) electrons. The van der Waals surface area contributed by atoms with Crippen LogP contribution in [-0.2, 0) is 0 Å². The predicted octanol–water partition coefficient (Wildman–Crippen LogP) is 2.41. The van der Waals surface area contributed by atoms with Crippen LogP contribution in [0.5, 0.6) is 0 Å². The molecule has 14 heavy (non-hydrogen) atoms. The van der Waals surface area contributed by atoms with Crippen molar-refractivity contribution in [2.75, 3.05) is 6.54 Å². The maximum absolute atomic E-state index is 9.97. The predicted molar refractivity (Wildman–Crippen MR) is 60.4 cm³/mol. The van der Waals surface area contributed by atoms with Gasteiger partial charge in [0.1, 0.15) is 0 Å². The maximum Gasteiger partial charge on any atom is 0.0695 e. The van der Waals surface area contributed by atoms with E-state index >= 15 is 0 Å². The molecule has 84 valence electrons. The Balaban J connectivity index is 2.57. The summed E-state index contributed by atoms with van der Waals surface area (Å²) in [6.07, 6.45) is 5.76. The van der Waals surface area contributed by atoms with Gasteiger partial charge in [0.05, 0.1) is 6.10 Å². The van der Waals surface area contributed by atoms with Crippen LogP contribution in [-0.4, -0.2) is 34.7 Å². The molecule has 1 saturated carbocycles. The molecule has 0 amide bonds. The highest BCUT2D eigenvalue weighted by atomic mass is 16.3. The zero-order chi connectivity index (χ0) is 10.6. The Morgan fingerprint density at radius 2 is 1.93 bits per heavy atom. The molecule has 0 spiro atoms. The van der Waals surface area contributed by atoms with E-state index in [4.69, 9.17) is 0 Å². The van der Waals surface area contributed by atoms with Crippen molar-refractivity contribution in [3.8, 4) is 0 Å². The fraction of sp³-hybridized carbons (Fsp3) is 1.00. The molecule has 0 heterocycles. The van der Waals surface area contributed by atoms with E-state index in [2.05, 4.69) is 25.7 Å². The molecule has 0 bridgehead atoms. The number of aliphatic hydroxyl groups is 1. The van der Waals surface area contributed by atoms with Gasteiger partial charge >= 0.3 is 0 Å². The zero-order valence-electron chi connectivity index (χ0n) is 9.87. The Morgan fingerprint density at radius 1 is 1.29 bits per heavy atom. The molecule has 3 atom stereocenters. The Hall–Kier alpha value is -0.0800. The first kappa shape index (κ1) is 12.0. The van der Waals surface area contributed by atoms with E-state index in [1.165, 1.54) is 25.7 Å². The fourth-order valence-electron chi connectivity index (χ4n) is 2.59. The summed E-state index contributed by atoms with van der Waals surface area (Å²) in [4.78, 5) is 2.48. The van der Waals surface area contributed by atoms with E-state index in [-0.39, 0.29) is 6.10 Å². The number of rotatable bonds is 4. The van der Waals surface area contributed by atoms with E-state index in [9.17, 15) is 5.11 Å². The largest absolute Gasteiger partial charge is 0.391 e. The lowest BCUT2D eigenvalue weighted by molar-refractivity contribution is 0.00362. The maximum atomic E-state index is 9.97. The lowest BCUT2D eigenvalue weighted by atomic mass is 9.90. The van der Waals surface area contributed by atoms with Crippen LogP contribution < -0.4 is 0 Å². The summed E-state index contributed by atoms with van der Waals surface area (Å²) in [5, 5.41) is 9.97. The molecule has 1 fully saturated rings. The van der Waals surface area contributed by atoms with Crippen LogP contribution in [0.2, 0.25) is 0 Å². The molecule has 0 aromatic heterocycles. The SMILES string of the molecule is CCC(C)N(CC)[C@@H]1CCCC[C@H]1O. The standard InChI is InChI=1S/C12H25NO/c1-4-10(3)13(5-2)11-8-6-7-9-12(11)14/h10-12,14H,4-9H2,1-3H3/t10?,11-,12-/m1/s1. The first-order chi connectivity index (χ1) is 6.70. The molecule has 0 saturated heterocycles. The minimum atomic E-state index is -0.0855. The second kappa shape index (κ2) is 5.72. The van der Waals surface area contributed by atoms with Crippen LogP contribution in [0.4, 0.5) is 0 Å². The highest BCUT2D eigenvalue weighted by molar-refractivity contribution is 4.84. The number of likely N-dealkylation sites (N-methyl/N-ethyl adjacent to an activating group) is 1. The molecule has 2 nitrogen and oxygen atoms in total. The molecule has 0 aromatic rings. The third-order valence-corrected chi connectivity index (χ3v) is 3.64. The molecule has 1 N–H and O–H groups in total. The summed E-state index contributed by atoms with van der Waals surface area (Å²) in [5.74, 6) is 0. The van der Waals surface area contributed by atoms with Gasteiger partial charge in [-0.2, -0.15) is 0 Å². The average molecular weight is 199 g/mol. The van der Waals surface area contributed by atoms with Crippen LogP contribution in [0, 0.1) is 0 Å². The Morgan fingerprint density at radius 3 is 2.43 bits per heavy atom. The minimum absolute atomic E-state index is 0.0855. The topological polar surface area (TPSA) is 23.5 Å². The quantitative estimate of drug-likeness (QED) is 0.751. The van der Waals surface area contributed by atoms with Gasteiger partial charge in [-0.1, -0.05) is 26.7 Å². The van der Waals surface area contributed by atoms with E-state index in [0.717, 1.165) is 13.0 Å². The van der Waals surface area contributed by atoms with Gasteiger partial charge in [-0.05, 0) is 32.7 Å². The smallest absolute Gasteiger partial charge is 0.0695 e. The Labute approximate surface area is 88.3 Å². The van der Waals surface area contributed by atoms with Crippen molar-refractivity contribution in [3.63, 3.8) is 0 Å². The number of hydrogen-bond donors (Lipinski definition) is 1. The molecule has 1 rings (SSSR count). The van der Waals surface area contributed by atoms with Crippen molar-refractivity contribution in [1.82, 2.24) is 4.90 Å². The van der Waals surface area contributed by atoms with Crippen molar-refractivity contribution in [3.05, 3.63) is 0 Å². The van der Waals surface area contributed by atoms with E-state index in [1.807, 2.05) is 0 Å². The van der Waals surface area contributed by atoms with Gasteiger partial charge in [0.15, 0.2) is 0 Å². The van der Waals surface area contributed by atoms with Crippen LogP contribution in [0.1, 0.15) is 52.9 Å². The molecule has 0 aromatic carbocycles. The zero-order valence-corrected chi connectivity index (χ0v) is 9.87. The van der Waals surface area contributed by atoms with Crippen LogP contribution in [0.25, 0.3) is 0 Å². The molecular weight excluding hydrogens is 174 g/mol. The van der Waals surface area contributed by atoms with Gasteiger partial charge in [-0.3, -0.25) is 4.90 Å². The molecule has 1 aliphatic carbocycles. The summed E-state index contributed by atoms with van der Waals surface area (Å²) < 4.78 is 0. The second-order valence-corrected chi connectivity index (χ2v) is 4.51. The van der Waals surface area contributed by atoms with Crippen molar-refractivity contribution >= 4 is 0 Å². The Bertz CT molecular complexity index is 156. The molecule has 1 unspecified atom stereocenters. The van der Waals surface area contributed by atoms with Crippen LogP contribution in [0.15, 0.2) is 0 Å². The number of aliphatic hydroxyl groups excluding tert-OH is 1. The highest BCUT2D eigenvalue weighted by Crippen LogP contribution is 2.25. The normalized spacial score (nSPS) is 30.6. The summed E-state index contributed by atoms with van der Waals surface area (Å²) in [7, 11) is 0. The van der Waals surface area contributed by atoms with E-state index in [0.29, 0.717) is 12.1 Å². The van der Waals surface area contributed by atoms with Crippen LogP contribution in [0.3, 0.4) is 0 Å². The van der Waals surface area contributed by atoms with Gasteiger partial charge in [-0.25, -0.2) is 0 Å². The lowest BCUT2D eigenvalue weighted by Gasteiger charge is -2.40. The average Bonchev–Trinajstić information content (AvgIpc) is 2.21. The molecule has 2 heteroatoms. The monoisotopic (exact) mass is 199 g/mol. The highest BCUT2D eigenvalue weighted by Gasteiger charge is 2.29. The third kappa shape index (κ3) is 2.71. The summed E-state index contributed by atoms with van der Waals surface area (Å²) in [6, 6.07) is 1.03. The van der Waals surface area contributed by atoms with Gasteiger partial charge in [0.25, 0.3) is 0 Å². The van der Waals surface area contributed by atoms with Gasteiger partial charge < -0.3 is 5.11 Å². The van der Waals surface area contributed by atoms with E-state index in [1.54, 1.807) is 0 Å². The molecule has 1 aliphatic rings. The minimum Gasteiger partial charge on any atom is -0.391 e. The van der Waals surface area contributed by atoms with Gasteiger partial charge in [0.2, 0.25) is 0 Å². The van der Waals surface area contributed by atoms with E-state index < -0.39 is 0 Å². The van der Waals surface area contributed by atoms with Gasteiger partial charge in [-0.15, -0.1) is 0 Å². The van der Waals surface area contributed by atoms with Crippen molar-refractivity contribution in [1.29, 1.82) is 0 Å². The molecular formula is C12H25NO. The first-order valence-corrected chi connectivity index (χ1v) is 6.14. The summed E-state index contributed by atoms with van der Waals surface area (Å²) >= 11 is 0. The van der Waals surface area contributed by atoms with Gasteiger partial charge in [0, 0.05) is 12.1 Å². The second-order valence-electron chi connectivity index (χ2n) is 4.51. The van der Waals surface area contributed by atoms with Crippen molar-refractivity contribution in [2.45, 2.75) is 71.1 Å². The lowest BCUT2D eigenvalue weighted by Crippen LogP contribution is -2.49. The summed E-state index contributed by atoms with van der Waals surface area (Å²) in [6.45, 7) is 7.76. The van der Waals surface area contributed by atoms with Crippen molar-refractivity contribution in [2.24, 2.45) is 0 Å². The Kier molecular flexibility index (Phi) is 4.90. The fourth-order valence-corrected chi connectivity index (χ4v) is 2.59.